The molecule has 1 aromatic heterocycles. The lowest BCUT2D eigenvalue weighted by atomic mass is 10.0. The number of halogens is 2. The van der Waals surface area contributed by atoms with Crippen molar-refractivity contribution in [3.63, 3.8) is 0 Å². The molecule has 1 amide bonds. The second-order valence-corrected chi connectivity index (χ2v) is 7.08. The summed E-state index contributed by atoms with van der Waals surface area (Å²) in [7, 11) is 0. The van der Waals surface area contributed by atoms with Crippen LogP contribution < -0.4 is 14.8 Å². The van der Waals surface area contributed by atoms with Crippen molar-refractivity contribution < 1.29 is 27.5 Å². The Morgan fingerprint density at radius 3 is 2.57 bits per heavy atom. The Hall–Kier alpha value is -3.35. The Balaban J connectivity index is 1.67. The average Bonchev–Trinajstić information content (AvgIpc) is 3.16. The number of amides is 1. The summed E-state index contributed by atoms with van der Waals surface area (Å²) < 4.78 is 40.9. The second kappa shape index (κ2) is 9.43. The summed E-state index contributed by atoms with van der Waals surface area (Å²) in [6, 6.07) is 15.1. The molecule has 5 nitrogen and oxygen atoms in total. The van der Waals surface area contributed by atoms with E-state index in [1.165, 1.54) is 24.3 Å². The molecule has 0 aliphatic carbocycles. The number of para-hydroxylation sites is 2. The van der Waals surface area contributed by atoms with Crippen LogP contribution in [0.4, 0.5) is 14.5 Å². The van der Waals surface area contributed by atoms with Crippen molar-refractivity contribution >= 4 is 11.6 Å². The Labute approximate surface area is 173 Å². The third-order valence-electron chi connectivity index (χ3n) is 4.40. The largest absolute Gasteiger partial charge is 0.485 e. The molecule has 2 aromatic carbocycles. The number of nitrogens with one attached hydrogen (secondary N) is 1. The van der Waals surface area contributed by atoms with E-state index in [2.05, 4.69) is 23.9 Å². The third-order valence-corrected chi connectivity index (χ3v) is 4.40. The van der Waals surface area contributed by atoms with Gasteiger partial charge in [0.2, 0.25) is 0 Å². The number of rotatable bonds is 8. The third kappa shape index (κ3) is 5.37. The predicted octanol–water partition coefficient (Wildman–Crippen LogP) is 6.14. The summed E-state index contributed by atoms with van der Waals surface area (Å²) >= 11 is 0. The maximum Gasteiger partial charge on any atom is 0.387 e. The van der Waals surface area contributed by atoms with Crippen LogP contribution in [0.15, 0.2) is 59.0 Å². The molecule has 0 aliphatic rings. The number of carbonyl (C=O) groups excluding carboxylic acids is 1. The van der Waals surface area contributed by atoms with Gasteiger partial charge in [0, 0.05) is 0 Å². The molecule has 0 aliphatic heterocycles. The predicted molar refractivity (Wildman–Crippen MR) is 109 cm³/mol. The van der Waals surface area contributed by atoms with Gasteiger partial charge in [0.15, 0.2) is 5.76 Å². The summed E-state index contributed by atoms with van der Waals surface area (Å²) in [6.07, 6.45) is 0. The van der Waals surface area contributed by atoms with E-state index in [1.54, 1.807) is 12.1 Å². The molecule has 3 rings (SSSR count). The van der Waals surface area contributed by atoms with Gasteiger partial charge in [-0.25, -0.2) is 0 Å². The van der Waals surface area contributed by atoms with E-state index in [-0.39, 0.29) is 23.8 Å². The monoisotopic (exact) mass is 415 g/mol. The van der Waals surface area contributed by atoms with Crippen molar-refractivity contribution in [3.8, 4) is 11.5 Å². The van der Waals surface area contributed by atoms with E-state index in [9.17, 15) is 13.6 Å². The number of benzene rings is 2. The highest BCUT2D eigenvalue weighted by molar-refractivity contribution is 6.03. The zero-order chi connectivity index (χ0) is 21.7. The molecular formula is C23H23F2NO4. The zero-order valence-corrected chi connectivity index (χ0v) is 16.9. The highest BCUT2D eigenvalue weighted by Gasteiger charge is 2.16. The quantitative estimate of drug-likeness (QED) is 0.480. The average molecular weight is 415 g/mol. The van der Waals surface area contributed by atoms with Gasteiger partial charge in [-0.15, -0.1) is 0 Å². The molecule has 0 saturated carbocycles. The van der Waals surface area contributed by atoms with Crippen LogP contribution in [0, 0.1) is 6.92 Å². The first-order chi connectivity index (χ1) is 14.3. The number of hydrogen-bond acceptors (Lipinski definition) is 4. The highest BCUT2D eigenvalue weighted by Crippen LogP contribution is 2.29. The van der Waals surface area contributed by atoms with Gasteiger partial charge in [0.1, 0.15) is 23.9 Å². The fourth-order valence-corrected chi connectivity index (χ4v) is 2.92. The van der Waals surface area contributed by atoms with Crippen LogP contribution in [0.3, 0.4) is 0 Å². The van der Waals surface area contributed by atoms with Gasteiger partial charge >= 0.3 is 6.61 Å². The van der Waals surface area contributed by atoms with Crippen LogP contribution in [0.1, 0.15) is 47.2 Å². The van der Waals surface area contributed by atoms with E-state index in [4.69, 9.17) is 9.15 Å². The summed E-state index contributed by atoms with van der Waals surface area (Å²) in [4.78, 5) is 12.4. The summed E-state index contributed by atoms with van der Waals surface area (Å²) in [6.45, 7) is 3.32. The normalized spacial score (nSPS) is 11.0. The van der Waals surface area contributed by atoms with Crippen LogP contribution in [0.5, 0.6) is 11.5 Å². The molecule has 30 heavy (non-hydrogen) atoms. The van der Waals surface area contributed by atoms with Crippen molar-refractivity contribution in [1.29, 1.82) is 0 Å². The molecule has 0 unspecified atom stereocenters. The molecule has 0 fully saturated rings. The SMILES string of the molecule is Cc1ccc(C(C)C)c(OCc2ccc(C(=O)Nc3ccccc3OC(F)F)o2)c1. The summed E-state index contributed by atoms with van der Waals surface area (Å²) in [5, 5.41) is 2.52. The van der Waals surface area contributed by atoms with Gasteiger partial charge in [-0.1, -0.05) is 38.1 Å². The second-order valence-electron chi connectivity index (χ2n) is 7.08. The van der Waals surface area contributed by atoms with Gasteiger partial charge in [0.05, 0.1) is 5.69 Å². The van der Waals surface area contributed by atoms with Crippen molar-refractivity contribution in [3.05, 3.63) is 77.2 Å². The van der Waals surface area contributed by atoms with E-state index >= 15 is 0 Å². The summed E-state index contributed by atoms with van der Waals surface area (Å²) in [5.41, 5.74) is 2.29. The summed E-state index contributed by atoms with van der Waals surface area (Å²) in [5.74, 6) is 0.864. The number of aryl methyl sites for hydroxylation is 1. The fraction of sp³-hybridized carbons (Fsp3) is 0.261. The number of ether oxygens (including phenoxy) is 2. The molecule has 1 N–H and O–H groups in total. The van der Waals surface area contributed by atoms with Crippen molar-refractivity contribution in [1.82, 2.24) is 0 Å². The van der Waals surface area contributed by atoms with Crippen LogP contribution in [-0.2, 0) is 6.61 Å². The van der Waals surface area contributed by atoms with Gasteiger partial charge in [-0.2, -0.15) is 8.78 Å². The van der Waals surface area contributed by atoms with Crippen LogP contribution in [-0.4, -0.2) is 12.5 Å². The van der Waals surface area contributed by atoms with Crippen LogP contribution in [0.2, 0.25) is 0 Å². The molecule has 0 atom stereocenters. The first-order valence-electron chi connectivity index (χ1n) is 9.50. The lowest BCUT2D eigenvalue weighted by molar-refractivity contribution is -0.0493. The first kappa shape index (κ1) is 21.4. The molecule has 7 heteroatoms. The molecule has 0 spiro atoms. The minimum Gasteiger partial charge on any atom is -0.485 e. The number of alkyl halides is 2. The van der Waals surface area contributed by atoms with Crippen LogP contribution in [0.25, 0.3) is 0 Å². The van der Waals surface area contributed by atoms with Crippen molar-refractivity contribution in [2.45, 2.75) is 39.9 Å². The Kier molecular flexibility index (Phi) is 6.72. The maximum atomic E-state index is 12.5. The number of anilines is 1. The fourth-order valence-electron chi connectivity index (χ4n) is 2.92. The molecule has 0 saturated heterocycles. The zero-order valence-electron chi connectivity index (χ0n) is 16.9. The van der Waals surface area contributed by atoms with Gasteiger partial charge in [0.25, 0.3) is 5.91 Å². The van der Waals surface area contributed by atoms with Gasteiger partial charge in [-0.3, -0.25) is 4.79 Å². The van der Waals surface area contributed by atoms with E-state index in [0.717, 1.165) is 16.9 Å². The Morgan fingerprint density at radius 1 is 1.07 bits per heavy atom. The molecular weight excluding hydrogens is 392 g/mol. The standard InChI is InChI=1S/C23H23F2NO4/c1-14(2)17-10-8-15(3)12-21(17)28-13-16-9-11-20(29-16)22(27)26-18-6-4-5-7-19(18)30-23(24)25/h4-12,14,23H,13H2,1-3H3,(H,26,27). The smallest absolute Gasteiger partial charge is 0.387 e. The van der Waals surface area contributed by atoms with Crippen molar-refractivity contribution in [2.75, 3.05) is 5.32 Å². The van der Waals surface area contributed by atoms with Crippen molar-refractivity contribution in [2.24, 2.45) is 0 Å². The first-order valence-corrected chi connectivity index (χ1v) is 9.50. The van der Waals surface area contributed by atoms with E-state index in [1.807, 2.05) is 25.1 Å². The van der Waals surface area contributed by atoms with E-state index < -0.39 is 12.5 Å². The number of furan rings is 1. The van der Waals surface area contributed by atoms with Gasteiger partial charge in [-0.05, 0) is 54.3 Å². The maximum absolute atomic E-state index is 12.5. The minimum atomic E-state index is -2.99. The topological polar surface area (TPSA) is 60.7 Å². The highest BCUT2D eigenvalue weighted by atomic mass is 19.3. The van der Waals surface area contributed by atoms with Gasteiger partial charge < -0.3 is 19.2 Å². The molecule has 0 bridgehead atoms. The molecule has 1 heterocycles. The Bertz CT molecular complexity index is 1010. The lowest BCUT2D eigenvalue weighted by Gasteiger charge is -2.14. The number of carbonyl (C=O) groups is 1. The Morgan fingerprint density at radius 2 is 1.83 bits per heavy atom. The van der Waals surface area contributed by atoms with Crippen LogP contribution >= 0.6 is 0 Å². The molecule has 158 valence electrons. The molecule has 3 aromatic rings. The van der Waals surface area contributed by atoms with E-state index in [0.29, 0.717) is 11.7 Å². The molecule has 0 radical (unpaired) electrons. The minimum absolute atomic E-state index is 0.0359. The lowest BCUT2D eigenvalue weighted by Crippen LogP contribution is -2.13. The number of hydrogen-bond donors (Lipinski definition) is 1.